The predicted molar refractivity (Wildman–Crippen MR) is 86.1 cm³/mol. The fourth-order valence-electron chi connectivity index (χ4n) is 2.35. The Bertz CT molecular complexity index is 816. The monoisotopic (exact) mass is 370 g/mol. The fourth-order valence-corrected chi connectivity index (χ4v) is 2.35. The van der Waals surface area contributed by atoms with E-state index in [9.17, 15) is 22.8 Å². The van der Waals surface area contributed by atoms with Crippen molar-refractivity contribution in [1.82, 2.24) is 9.97 Å². The van der Waals surface area contributed by atoms with Gasteiger partial charge in [0.2, 0.25) is 0 Å². The predicted octanol–water partition coefficient (Wildman–Crippen LogP) is 3.19. The van der Waals surface area contributed by atoms with E-state index < -0.39 is 11.9 Å². The first-order valence-corrected chi connectivity index (χ1v) is 7.66. The van der Waals surface area contributed by atoms with E-state index in [1.165, 1.54) is 31.4 Å². The van der Waals surface area contributed by atoms with Crippen LogP contribution < -0.4 is 10.3 Å². The SMILES string of the molecule is COCc1nc(C(=O)C[C@H](C)c2ccc(OC(F)(F)F)cc2)cc(=O)[nH]1. The minimum Gasteiger partial charge on any atom is -0.406 e. The number of carbonyl (C=O) groups is 1. The van der Waals surface area contributed by atoms with Gasteiger partial charge in [-0.3, -0.25) is 9.59 Å². The molecule has 9 heteroatoms. The molecule has 1 N–H and O–H groups in total. The first kappa shape index (κ1) is 19.6. The van der Waals surface area contributed by atoms with Gasteiger partial charge in [0.1, 0.15) is 23.9 Å². The van der Waals surface area contributed by atoms with Crippen LogP contribution in [0.5, 0.6) is 5.75 Å². The highest BCUT2D eigenvalue weighted by Crippen LogP contribution is 2.26. The molecule has 140 valence electrons. The van der Waals surface area contributed by atoms with E-state index in [2.05, 4.69) is 14.7 Å². The zero-order valence-electron chi connectivity index (χ0n) is 14.1. The lowest BCUT2D eigenvalue weighted by atomic mass is 9.94. The van der Waals surface area contributed by atoms with E-state index in [0.29, 0.717) is 5.56 Å². The normalized spacial score (nSPS) is 12.7. The lowest BCUT2D eigenvalue weighted by Gasteiger charge is -2.13. The van der Waals surface area contributed by atoms with E-state index in [1.807, 2.05) is 0 Å². The van der Waals surface area contributed by atoms with Crippen molar-refractivity contribution in [3.8, 4) is 5.75 Å². The Morgan fingerprint density at radius 3 is 2.50 bits per heavy atom. The second kappa shape index (κ2) is 8.13. The third-order valence-electron chi connectivity index (χ3n) is 3.53. The van der Waals surface area contributed by atoms with Crippen molar-refractivity contribution >= 4 is 5.78 Å². The van der Waals surface area contributed by atoms with Crippen LogP contribution in [0.25, 0.3) is 0 Å². The van der Waals surface area contributed by atoms with Crippen LogP contribution in [-0.2, 0) is 11.3 Å². The van der Waals surface area contributed by atoms with Crippen LogP contribution in [0.15, 0.2) is 35.1 Å². The molecule has 0 bridgehead atoms. The highest BCUT2D eigenvalue weighted by atomic mass is 19.4. The molecule has 0 aliphatic heterocycles. The number of ether oxygens (including phenoxy) is 2. The molecule has 1 atom stereocenters. The molecule has 6 nitrogen and oxygen atoms in total. The summed E-state index contributed by atoms with van der Waals surface area (Å²) in [5.41, 5.74) is 0.219. The molecule has 0 aliphatic rings. The Morgan fingerprint density at radius 1 is 1.27 bits per heavy atom. The van der Waals surface area contributed by atoms with Crippen LogP contribution in [-0.4, -0.2) is 29.2 Å². The van der Waals surface area contributed by atoms with E-state index in [1.54, 1.807) is 6.92 Å². The maximum Gasteiger partial charge on any atom is 0.573 e. The third-order valence-corrected chi connectivity index (χ3v) is 3.53. The number of halogens is 3. The van der Waals surface area contributed by atoms with E-state index >= 15 is 0 Å². The smallest absolute Gasteiger partial charge is 0.406 e. The molecular weight excluding hydrogens is 353 g/mol. The van der Waals surface area contributed by atoms with Crippen LogP contribution in [0.2, 0.25) is 0 Å². The third kappa shape index (κ3) is 5.69. The lowest BCUT2D eigenvalue weighted by molar-refractivity contribution is -0.274. The summed E-state index contributed by atoms with van der Waals surface area (Å²) < 4.78 is 45.2. The number of benzene rings is 1. The number of ketones is 1. The zero-order valence-corrected chi connectivity index (χ0v) is 14.1. The number of nitrogens with zero attached hydrogens (tertiary/aromatic N) is 1. The number of hydrogen-bond donors (Lipinski definition) is 1. The minimum absolute atomic E-state index is 0.0182. The van der Waals surface area contributed by atoms with Crippen molar-refractivity contribution < 1.29 is 27.4 Å². The number of rotatable bonds is 7. The van der Waals surface area contributed by atoms with Crippen LogP contribution >= 0.6 is 0 Å². The van der Waals surface area contributed by atoms with E-state index in [4.69, 9.17) is 4.74 Å². The Hall–Kier alpha value is -2.68. The number of hydrogen-bond acceptors (Lipinski definition) is 5. The van der Waals surface area contributed by atoms with Crippen molar-refractivity contribution in [1.29, 1.82) is 0 Å². The van der Waals surface area contributed by atoms with Crippen LogP contribution in [0.1, 0.15) is 41.1 Å². The largest absolute Gasteiger partial charge is 0.573 e. The van der Waals surface area contributed by atoms with Gasteiger partial charge in [0.15, 0.2) is 5.78 Å². The molecule has 26 heavy (non-hydrogen) atoms. The van der Waals surface area contributed by atoms with Crippen LogP contribution in [0.4, 0.5) is 13.2 Å². The molecular formula is C17H17F3N2O4. The summed E-state index contributed by atoms with van der Waals surface area (Å²) in [4.78, 5) is 30.5. The van der Waals surface area contributed by atoms with Crippen LogP contribution in [0.3, 0.4) is 0 Å². The van der Waals surface area contributed by atoms with Gasteiger partial charge in [-0.15, -0.1) is 13.2 Å². The highest BCUT2D eigenvalue weighted by Gasteiger charge is 2.31. The first-order chi connectivity index (χ1) is 12.2. The number of alkyl halides is 3. The Kier molecular flexibility index (Phi) is 6.14. The molecule has 1 aromatic heterocycles. The Balaban J connectivity index is 2.08. The highest BCUT2D eigenvalue weighted by molar-refractivity contribution is 5.94. The van der Waals surface area contributed by atoms with Gasteiger partial charge >= 0.3 is 6.36 Å². The van der Waals surface area contributed by atoms with Crippen molar-refractivity contribution in [3.05, 3.63) is 57.8 Å². The molecule has 2 aromatic rings. The van der Waals surface area contributed by atoms with E-state index in [0.717, 1.165) is 6.07 Å². The maximum absolute atomic E-state index is 12.4. The molecule has 0 aliphatic carbocycles. The summed E-state index contributed by atoms with van der Waals surface area (Å²) in [5.74, 6) is -0.726. The van der Waals surface area contributed by atoms with Crippen molar-refractivity contribution in [2.45, 2.75) is 32.2 Å². The molecule has 0 radical (unpaired) electrons. The van der Waals surface area contributed by atoms with Crippen molar-refractivity contribution in [3.63, 3.8) is 0 Å². The van der Waals surface area contributed by atoms with Gasteiger partial charge in [0, 0.05) is 19.6 Å². The van der Waals surface area contributed by atoms with Gasteiger partial charge in [0.25, 0.3) is 5.56 Å². The van der Waals surface area contributed by atoms with Gasteiger partial charge in [-0.2, -0.15) is 0 Å². The summed E-state index contributed by atoms with van der Waals surface area (Å²) in [5, 5.41) is 0. The van der Waals surface area contributed by atoms with Gasteiger partial charge in [-0.05, 0) is 23.6 Å². The molecule has 0 saturated carbocycles. The Morgan fingerprint density at radius 2 is 1.92 bits per heavy atom. The number of Topliss-reactive ketones (excluding diaryl/α,β-unsaturated/α-hetero) is 1. The van der Waals surface area contributed by atoms with Crippen LogP contribution in [0, 0.1) is 0 Å². The molecule has 0 unspecified atom stereocenters. The van der Waals surface area contributed by atoms with Gasteiger partial charge in [-0.25, -0.2) is 4.98 Å². The average molecular weight is 370 g/mol. The molecule has 2 rings (SSSR count). The summed E-state index contributed by atoms with van der Waals surface area (Å²) in [6, 6.07) is 6.40. The van der Waals surface area contributed by atoms with Gasteiger partial charge in [-0.1, -0.05) is 19.1 Å². The molecule has 1 aromatic carbocycles. The molecule has 1 heterocycles. The van der Waals surface area contributed by atoms with Gasteiger partial charge < -0.3 is 14.5 Å². The maximum atomic E-state index is 12.4. The number of methoxy groups -OCH3 is 1. The molecule has 0 fully saturated rings. The number of nitrogens with one attached hydrogen (secondary N) is 1. The van der Waals surface area contributed by atoms with E-state index in [-0.39, 0.29) is 42.0 Å². The number of H-pyrrole nitrogens is 1. The van der Waals surface area contributed by atoms with Gasteiger partial charge in [0.05, 0.1) is 0 Å². The second-order valence-corrected chi connectivity index (χ2v) is 5.66. The summed E-state index contributed by atoms with van der Waals surface area (Å²) in [6.45, 7) is 1.81. The molecule has 0 amide bonds. The fraction of sp³-hybridized carbons (Fsp3) is 0.353. The molecule has 0 spiro atoms. The molecule has 0 saturated heterocycles. The standard InChI is InChI=1S/C17H17F3N2O4/c1-10(11-3-5-12(6-4-11)26-17(18,19)20)7-14(23)13-8-16(24)22-15(21-13)9-25-2/h3-6,8,10H,7,9H2,1-2H3,(H,21,22,24)/t10-/m0/s1. The average Bonchev–Trinajstić information content (AvgIpc) is 2.53. The zero-order chi connectivity index (χ0) is 19.3. The first-order valence-electron chi connectivity index (χ1n) is 7.66. The Labute approximate surface area is 147 Å². The quantitative estimate of drug-likeness (QED) is 0.757. The minimum atomic E-state index is -4.75. The summed E-state index contributed by atoms with van der Waals surface area (Å²) >= 11 is 0. The topological polar surface area (TPSA) is 81.3 Å². The summed E-state index contributed by atoms with van der Waals surface area (Å²) in [6.07, 6.45) is -4.71. The lowest BCUT2D eigenvalue weighted by Crippen LogP contribution is -2.17. The number of carbonyl (C=O) groups excluding carboxylic acids is 1. The summed E-state index contributed by atoms with van der Waals surface area (Å²) in [7, 11) is 1.43. The second-order valence-electron chi connectivity index (χ2n) is 5.66. The number of aromatic nitrogens is 2. The van der Waals surface area contributed by atoms with Crippen molar-refractivity contribution in [2.75, 3.05) is 7.11 Å². The number of aromatic amines is 1. The van der Waals surface area contributed by atoms with Crippen molar-refractivity contribution in [2.24, 2.45) is 0 Å².